The van der Waals surface area contributed by atoms with Gasteiger partial charge >= 0.3 is 5.97 Å². The minimum Gasteiger partial charge on any atom is -0.486 e. The van der Waals surface area contributed by atoms with E-state index in [0.717, 1.165) is 24.8 Å². The summed E-state index contributed by atoms with van der Waals surface area (Å²) in [6.45, 7) is 1.01. The van der Waals surface area contributed by atoms with Gasteiger partial charge in [-0.15, -0.1) is 0 Å². The van der Waals surface area contributed by atoms with Gasteiger partial charge in [0.1, 0.15) is 18.8 Å². The molecule has 2 aliphatic rings. The average Bonchev–Trinajstić information content (AvgIpc) is 2.55. The Bertz CT molecular complexity index is 607. The van der Waals surface area contributed by atoms with Crippen molar-refractivity contribution in [3.63, 3.8) is 0 Å². The molecule has 1 saturated carbocycles. The smallest absolute Gasteiger partial charge is 0.329 e. The minimum absolute atomic E-state index is 0.131. The highest BCUT2D eigenvalue weighted by molar-refractivity contribution is 5.88. The number of aliphatic carboxylic acids is 1. The van der Waals surface area contributed by atoms with Crippen molar-refractivity contribution in [1.29, 1.82) is 0 Å². The fraction of sp³-hybridized carbons (Fsp3) is 0.529. The van der Waals surface area contributed by atoms with Gasteiger partial charge in [-0.25, -0.2) is 4.79 Å². The minimum atomic E-state index is -1.11. The first-order valence-electron chi connectivity index (χ1n) is 8.02. The zero-order valence-corrected chi connectivity index (χ0v) is 13.0. The van der Waals surface area contributed by atoms with E-state index < -0.39 is 11.5 Å². The summed E-state index contributed by atoms with van der Waals surface area (Å²) in [7, 11) is 0. The molecule has 2 N–H and O–H groups in total. The monoisotopic (exact) mass is 319 g/mol. The standard InChI is InChI=1S/C17H21NO5/c19-15(18-17(16(20)21)6-2-1-3-7-17)11-12-4-5-13-14(10-12)23-9-8-22-13/h4-5,10H,1-3,6-9,11H2,(H,18,19)(H,20,21). The van der Waals surface area contributed by atoms with Crippen LogP contribution in [0.1, 0.15) is 37.7 Å². The average molecular weight is 319 g/mol. The molecule has 6 nitrogen and oxygen atoms in total. The van der Waals surface area contributed by atoms with Crippen molar-refractivity contribution in [3.05, 3.63) is 23.8 Å². The molecule has 3 rings (SSSR count). The third-order valence-electron chi connectivity index (χ3n) is 4.47. The lowest BCUT2D eigenvalue weighted by molar-refractivity contribution is -0.149. The number of rotatable bonds is 4. The van der Waals surface area contributed by atoms with Crippen LogP contribution in [-0.4, -0.2) is 35.7 Å². The van der Waals surface area contributed by atoms with Crippen molar-refractivity contribution in [1.82, 2.24) is 5.32 Å². The van der Waals surface area contributed by atoms with Gasteiger partial charge in [0, 0.05) is 0 Å². The highest BCUT2D eigenvalue weighted by Gasteiger charge is 2.40. The van der Waals surface area contributed by atoms with Crippen LogP contribution in [0.3, 0.4) is 0 Å². The number of hydrogen-bond acceptors (Lipinski definition) is 4. The molecule has 0 unspecified atom stereocenters. The molecular formula is C17H21NO5. The van der Waals surface area contributed by atoms with E-state index in [4.69, 9.17) is 9.47 Å². The molecule has 0 bridgehead atoms. The first kappa shape index (κ1) is 15.6. The van der Waals surface area contributed by atoms with Crippen molar-refractivity contribution >= 4 is 11.9 Å². The second-order valence-corrected chi connectivity index (χ2v) is 6.15. The first-order valence-corrected chi connectivity index (χ1v) is 8.02. The summed E-state index contributed by atoms with van der Waals surface area (Å²) < 4.78 is 11.0. The maximum atomic E-state index is 12.3. The number of carbonyl (C=O) groups is 2. The van der Waals surface area contributed by atoms with E-state index in [1.54, 1.807) is 18.2 Å². The molecule has 0 radical (unpaired) electrons. The van der Waals surface area contributed by atoms with Crippen LogP contribution in [0.2, 0.25) is 0 Å². The van der Waals surface area contributed by atoms with Gasteiger partial charge < -0.3 is 19.9 Å². The van der Waals surface area contributed by atoms with Gasteiger partial charge in [-0.3, -0.25) is 4.79 Å². The maximum absolute atomic E-state index is 12.3. The Morgan fingerprint density at radius 2 is 1.78 bits per heavy atom. The lowest BCUT2D eigenvalue weighted by Crippen LogP contribution is -2.55. The van der Waals surface area contributed by atoms with Crippen molar-refractivity contribution in [2.75, 3.05) is 13.2 Å². The Labute approximate surface area is 134 Å². The largest absolute Gasteiger partial charge is 0.486 e. The van der Waals surface area contributed by atoms with Crippen LogP contribution < -0.4 is 14.8 Å². The van der Waals surface area contributed by atoms with Crippen LogP contribution >= 0.6 is 0 Å². The Balaban J connectivity index is 1.67. The Kier molecular flexibility index (Phi) is 4.41. The Morgan fingerprint density at radius 1 is 1.09 bits per heavy atom. The zero-order chi connectivity index (χ0) is 16.3. The summed E-state index contributed by atoms with van der Waals surface area (Å²) in [4.78, 5) is 23.9. The van der Waals surface area contributed by atoms with Gasteiger partial charge in [0.25, 0.3) is 0 Å². The second-order valence-electron chi connectivity index (χ2n) is 6.15. The van der Waals surface area contributed by atoms with E-state index in [9.17, 15) is 14.7 Å². The molecule has 0 aromatic heterocycles. The van der Waals surface area contributed by atoms with Crippen molar-refractivity contribution in [2.24, 2.45) is 0 Å². The maximum Gasteiger partial charge on any atom is 0.329 e. The molecule has 1 amide bonds. The van der Waals surface area contributed by atoms with Gasteiger partial charge in [-0.05, 0) is 30.5 Å². The number of carboxylic acids is 1. The highest BCUT2D eigenvalue weighted by atomic mass is 16.6. The predicted molar refractivity (Wildman–Crippen MR) is 82.7 cm³/mol. The Hall–Kier alpha value is -2.24. The Morgan fingerprint density at radius 3 is 2.48 bits per heavy atom. The first-order chi connectivity index (χ1) is 11.1. The van der Waals surface area contributed by atoms with Crippen molar-refractivity contribution in [2.45, 2.75) is 44.1 Å². The number of benzene rings is 1. The molecule has 1 aromatic rings. The van der Waals surface area contributed by atoms with Crippen LogP contribution in [0.5, 0.6) is 11.5 Å². The van der Waals surface area contributed by atoms with Crippen molar-refractivity contribution in [3.8, 4) is 11.5 Å². The van der Waals surface area contributed by atoms with E-state index in [0.29, 0.717) is 37.6 Å². The van der Waals surface area contributed by atoms with E-state index >= 15 is 0 Å². The van der Waals surface area contributed by atoms with E-state index in [2.05, 4.69) is 5.32 Å². The number of fused-ring (bicyclic) bond motifs is 1. The summed E-state index contributed by atoms with van der Waals surface area (Å²) in [6, 6.07) is 5.37. The molecule has 23 heavy (non-hydrogen) atoms. The number of hydrogen-bond donors (Lipinski definition) is 2. The normalized spacial score (nSPS) is 19.0. The van der Waals surface area contributed by atoms with Crippen LogP contribution in [0, 0.1) is 0 Å². The van der Waals surface area contributed by atoms with Gasteiger partial charge in [-0.1, -0.05) is 25.3 Å². The third kappa shape index (κ3) is 3.41. The number of carbonyl (C=O) groups excluding carboxylic acids is 1. The molecule has 0 spiro atoms. The SMILES string of the molecule is O=C(Cc1ccc2c(c1)OCCO2)NC1(C(=O)O)CCCCC1. The van der Waals surface area contributed by atoms with Crippen LogP contribution in [-0.2, 0) is 16.0 Å². The van der Waals surface area contributed by atoms with E-state index in [1.165, 1.54) is 0 Å². The molecule has 0 saturated heterocycles. The zero-order valence-electron chi connectivity index (χ0n) is 13.0. The lowest BCUT2D eigenvalue weighted by Gasteiger charge is -2.34. The molecular weight excluding hydrogens is 298 g/mol. The summed E-state index contributed by atoms with van der Waals surface area (Å²) >= 11 is 0. The fourth-order valence-electron chi connectivity index (χ4n) is 3.24. The molecule has 1 aliphatic carbocycles. The van der Waals surface area contributed by atoms with Crippen LogP contribution in [0.4, 0.5) is 0 Å². The van der Waals surface area contributed by atoms with Gasteiger partial charge in [-0.2, -0.15) is 0 Å². The highest BCUT2D eigenvalue weighted by Crippen LogP contribution is 2.31. The van der Waals surface area contributed by atoms with Gasteiger partial charge in [0.05, 0.1) is 6.42 Å². The molecule has 1 aliphatic heterocycles. The molecule has 6 heteroatoms. The predicted octanol–water partition coefficient (Wildman–Crippen LogP) is 1.90. The van der Waals surface area contributed by atoms with E-state index in [1.807, 2.05) is 0 Å². The van der Waals surface area contributed by atoms with Crippen LogP contribution in [0.25, 0.3) is 0 Å². The van der Waals surface area contributed by atoms with Crippen LogP contribution in [0.15, 0.2) is 18.2 Å². The summed E-state index contributed by atoms with van der Waals surface area (Å²) in [5.74, 6) is 0.0977. The second kappa shape index (κ2) is 6.48. The van der Waals surface area contributed by atoms with Crippen molar-refractivity contribution < 1.29 is 24.2 Å². The third-order valence-corrected chi connectivity index (χ3v) is 4.47. The molecule has 1 aromatic carbocycles. The number of amides is 1. The number of ether oxygens (including phenoxy) is 2. The number of nitrogens with one attached hydrogen (secondary N) is 1. The molecule has 124 valence electrons. The van der Waals surface area contributed by atoms with Gasteiger partial charge in [0.15, 0.2) is 11.5 Å². The summed E-state index contributed by atoms with van der Waals surface area (Å²) in [6.07, 6.45) is 3.80. The summed E-state index contributed by atoms with van der Waals surface area (Å²) in [5, 5.41) is 12.3. The lowest BCUT2D eigenvalue weighted by atomic mass is 9.81. The van der Waals surface area contributed by atoms with E-state index in [-0.39, 0.29) is 12.3 Å². The topological polar surface area (TPSA) is 84.9 Å². The number of carboxylic acid groups (broad SMARTS) is 1. The fourth-order valence-corrected chi connectivity index (χ4v) is 3.24. The molecule has 0 atom stereocenters. The summed E-state index contributed by atoms with van der Waals surface area (Å²) in [5.41, 5.74) is -0.327. The van der Waals surface area contributed by atoms with Gasteiger partial charge in [0.2, 0.25) is 5.91 Å². The molecule has 1 heterocycles. The molecule has 1 fully saturated rings. The quantitative estimate of drug-likeness (QED) is 0.885.